The third-order valence-electron chi connectivity index (χ3n) is 4.31. The van der Waals surface area contributed by atoms with Crippen molar-refractivity contribution in [2.24, 2.45) is 0 Å². The van der Waals surface area contributed by atoms with Crippen molar-refractivity contribution in [1.29, 1.82) is 0 Å². The Hall–Kier alpha value is -2.21. The van der Waals surface area contributed by atoms with Gasteiger partial charge in [-0.05, 0) is 42.5 Å². The van der Waals surface area contributed by atoms with Gasteiger partial charge in [0.2, 0.25) is 0 Å². The highest BCUT2D eigenvalue weighted by molar-refractivity contribution is 9.10. The van der Waals surface area contributed by atoms with Crippen molar-refractivity contribution in [2.75, 3.05) is 13.1 Å². The van der Waals surface area contributed by atoms with Gasteiger partial charge in [0, 0.05) is 17.6 Å². The monoisotopic (exact) mass is 388 g/mol. The van der Waals surface area contributed by atoms with E-state index in [4.69, 9.17) is 5.11 Å². The Morgan fingerprint density at radius 1 is 1.04 bits per heavy atom. The molecule has 2 aromatic rings. The molecule has 1 saturated heterocycles. The summed E-state index contributed by atoms with van der Waals surface area (Å²) in [6.07, 6.45) is 1.76. The second-order valence-corrected chi connectivity index (χ2v) is 6.66. The molecule has 1 aliphatic rings. The van der Waals surface area contributed by atoms with Crippen LogP contribution in [0.1, 0.15) is 45.3 Å². The van der Waals surface area contributed by atoms with Crippen molar-refractivity contribution in [1.82, 2.24) is 9.88 Å². The Balaban J connectivity index is 1.68. The number of likely N-dealkylation sites (tertiary alicyclic amines) is 1. The number of pyridine rings is 1. The lowest BCUT2D eigenvalue weighted by atomic mass is 9.89. The number of halogens is 1. The molecule has 0 spiro atoms. The van der Waals surface area contributed by atoms with E-state index in [-0.39, 0.29) is 17.3 Å². The van der Waals surface area contributed by atoms with Gasteiger partial charge in [-0.1, -0.05) is 40.2 Å². The molecule has 0 aliphatic carbocycles. The zero-order chi connectivity index (χ0) is 17.1. The molecule has 0 unspecified atom stereocenters. The molecule has 24 heavy (non-hydrogen) atoms. The van der Waals surface area contributed by atoms with Crippen molar-refractivity contribution >= 4 is 27.8 Å². The zero-order valence-corrected chi connectivity index (χ0v) is 14.6. The summed E-state index contributed by atoms with van der Waals surface area (Å²) in [6.45, 7) is 1.29. The third-order valence-corrected chi connectivity index (χ3v) is 5.04. The Kier molecular flexibility index (Phi) is 4.94. The predicted octanol–water partition coefficient (Wildman–Crippen LogP) is 3.56. The predicted molar refractivity (Wildman–Crippen MR) is 93.2 cm³/mol. The van der Waals surface area contributed by atoms with Crippen LogP contribution in [-0.4, -0.2) is 40.0 Å². The van der Waals surface area contributed by atoms with Gasteiger partial charge in [-0.15, -0.1) is 0 Å². The van der Waals surface area contributed by atoms with Gasteiger partial charge in [0.1, 0.15) is 11.4 Å². The fourth-order valence-electron chi connectivity index (χ4n) is 3.03. The Bertz CT molecular complexity index is 770. The first-order valence-electron chi connectivity index (χ1n) is 7.80. The number of aromatic nitrogens is 1. The molecule has 0 bridgehead atoms. The number of carboxylic acid groups (broad SMARTS) is 1. The minimum Gasteiger partial charge on any atom is -0.477 e. The van der Waals surface area contributed by atoms with Gasteiger partial charge in [-0.2, -0.15) is 0 Å². The Morgan fingerprint density at radius 2 is 1.71 bits per heavy atom. The fourth-order valence-corrected chi connectivity index (χ4v) is 3.64. The lowest BCUT2D eigenvalue weighted by Gasteiger charge is -2.32. The molecule has 2 heterocycles. The molecular formula is C18H17BrN2O3. The van der Waals surface area contributed by atoms with Crippen LogP contribution in [0, 0.1) is 0 Å². The summed E-state index contributed by atoms with van der Waals surface area (Å²) in [4.78, 5) is 29.2. The van der Waals surface area contributed by atoms with Gasteiger partial charge in [-0.25, -0.2) is 9.78 Å². The SMILES string of the molecule is O=C(O)c1cccc(C(=O)N2CCC(c3ccccc3Br)CC2)n1. The first-order chi connectivity index (χ1) is 11.6. The van der Waals surface area contributed by atoms with Gasteiger partial charge in [0.15, 0.2) is 0 Å². The number of hydrogen-bond donors (Lipinski definition) is 1. The second-order valence-electron chi connectivity index (χ2n) is 5.80. The number of carboxylic acids is 1. The number of benzene rings is 1. The number of piperidine rings is 1. The summed E-state index contributed by atoms with van der Waals surface area (Å²) < 4.78 is 1.10. The Morgan fingerprint density at radius 3 is 2.38 bits per heavy atom. The summed E-state index contributed by atoms with van der Waals surface area (Å²) in [5.41, 5.74) is 1.36. The standard InChI is InChI=1S/C18H17BrN2O3/c19-14-5-2-1-4-13(14)12-8-10-21(11-9-12)17(22)15-6-3-7-16(20-15)18(23)24/h1-7,12H,8-11H2,(H,23,24). The molecule has 3 rings (SSSR count). The summed E-state index contributed by atoms with van der Waals surface area (Å²) in [5, 5.41) is 9.00. The van der Waals surface area contributed by atoms with Crippen LogP contribution in [-0.2, 0) is 0 Å². The molecular weight excluding hydrogens is 372 g/mol. The molecule has 5 nitrogen and oxygen atoms in total. The minimum absolute atomic E-state index is 0.107. The van der Waals surface area contributed by atoms with E-state index in [0.29, 0.717) is 19.0 Å². The van der Waals surface area contributed by atoms with Gasteiger partial charge < -0.3 is 10.0 Å². The smallest absolute Gasteiger partial charge is 0.354 e. The quantitative estimate of drug-likeness (QED) is 0.872. The topological polar surface area (TPSA) is 70.5 Å². The average molecular weight is 389 g/mol. The van der Waals surface area contributed by atoms with Crippen molar-refractivity contribution in [3.05, 3.63) is 63.9 Å². The van der Waals surface area contributed by atoms with E-state index in [9.17, 15) is 9.59 Å². The van der Waals surface area contributed by atoms with Crippen LogP contribution in [0.2, 0.25) is 0 Å². The van der Waals surface area contributed by atoms with Crippen LogP contribution in [0.4, 0.5) is 0 Å². The molecule has 6 heteroatoms. The maximum absolute atomic E-state index is 12.5. The van der Waals surface area contributed by atoms with E-state index in [0.717, 1.165) is 17.3 Å². The number of hydrogen-bond acceptors (Lipinski definition) is 3. The molecule has 0 radical (unpaired) electrons. The normalized spacial score (nSPS) is 15.3. The van der Waals surface area contributed by atoms with Crippen LogP contribution in [0.25, 0.3) is 0 Å². The van der Waals surface area contributed by atoms with E-state index in [1.807, 2.05) is 18.2 Å². The van der Waals surface area contributed by atoms with Crippen molar-refractivity contribution in [2.45, 2.75) is 18.8 Å². The largest absolute Gasteiger partial charge is 0.477 e. The average Bonchev–Trinajstić information content (AvgIpc) is 2.62. The molecule has 1 aromatic heterocycles. The molecule has 0 atom stereocenters. The summed E-state index contributed by atoms with van der Waals surface area (Å²) >= 11 is 3.59. The van der Waals surface area contributed by atoms with Crippen molar-refractivity contribution in [3.8, 4) is 0 Å². The van der Waals surface area contributed by atoms with Crippen LogP contribution < -0.4 is 0 Å². The zero-order valence-electron chi connectivity index (χ0n) is 13.0. The van der Waals surface area contributed by atoms with Gasteiger partial charge >= 0.3 is 5.97 Å². The number of rotatable bonds is 3. The van der Waals surface area contributed by atoms with Gasteiger partial charge in [-0.3, -0.25) is 4.79 Å². The maximum atomic E-state index is 12.5. The molecule has 124 valence electrons. The molecule has 1 N–H and O–H groups in total. The molecule has 1 amide bonds. The highest BCUT2D eigenvalue weighted by Gasteiger charge is 2.26. The summed E-state index contributed by atoms with van der Waals surface area (Å²) in [6, 6.07) is 12.7. The highest BCUT2D eigenvalue weighted by Crippen LogP contribution is 2.33. The summed E-state index contributed by atoms with van der Waals surface area (Å²) in [5.74, 6) is -0.913. The number of nitrogens with zero attached hydrogens (tertiary/aromatic N) is 2. The lowest BCUT2D eigenvalue weighted by Crippen LogP contribution is -2.38. The first-order valence-corrected chi connectivity index (χ1v) is 8.59. The third kappa shape index (κ3) is 3.48. The lowest BCUT2D eigenvalue weighted by molar-refractivity contribution is 0.0688. The van der Waals surface area contributed by atoms with Gasteiger partial charge in [0.05, 0.1) is 0 Å². The van der Waals surface area contributed by atoms with Gasteiger partial charge in [0.25, 0.3) is 5.91 Å². The van der Waals surface area contributed by atoms with E-state index in [2.05, 4.69) is 27.0 Å². The van der Waals surface area contributed by atoms with E-state index in [1.165, 1.54) is 11.6 Å². The van der Waals surface area contributed by atoms with E-state index in [1.54, 1.807) is 17.0 Å². The number of carbonyl (C=O) groups excluding carboxylic acids is 1. The molecule has 1 aromatic carbocycles. The van der Waals surface area contributed by atoms with Crippen molar-refractivity contribution in [3.63, 3.8) is 0 Å². The molecule has 1 fully saturated rings. The van der Waals surface area contributed by atoms with E-state index >= 15 is 0 Å². The van der Waals surface area contributed by atoms with Crippen LogP contribution in [0.15, 0.2) is 46.9 Å². The van der Waals surface area contributed by atoms with Crippen LogP contribution in [0.5, 0.6) is 0 Å². The van der Waals surface area contributed by atoms with E-state index < -0.39 is 5.97 Å². The Labute approximate surface area is 148 Å². The molecule has 1 aliphatic heterocycles. The maximum Gasteiger partial charge on any atom is 0.354 e. The first kappa shape index (κ1) is 16.6. The van der Waals surface area contributed by atoms with Crippen LogP contribution in [0.3, 0.4) is 0 Å². The number of amides is 1. The highest BCUT2D eigenvalue weighted by atomic mass is 79.9. The summed E-state index contributed by atoms with van der Waals surface area (Å²) in [7, 11) is 0. The van der Waals surface area contributed by atoms with Crippen LogP contribution >= 0.6 is 15.9 Å². The second kappa shape index (κ2) is 7.13. The van der Waals surface area contributed by atoms with Crippen molar-refractivity contribution < 1.29 is 14.7 Å². The number of carbonyl (C=O) groups is 2. The fraction of sp³-hybridized carbons (Fsp3) is 0.278. The molecule has 0 saturated carbocycles. The number of aromatic carboxylic acids is 1. The minimum atomic E-state index is -1.13.